The largest absolute Gasteiger partial charge is 0.471 e. The highest BCUT2D eigenvalue weighted by molar-refractivity contribution is 9.10. The molecule has 0 aromatic carbocycles. The van der Waals surface area contributed by atoms with Crippen molar-refractivity contribution in [2.75, 3.05) is 5.32 Å². The number of rotatable bonds is 1. The van der Waals surface area contributed by atoms with Gasteiger partial charge in [0.2, 0.25) is 0 Å². The summed E-state index contributed by atoms with van der Waals surface area (Å²) in [5.74, 6) is -2.18. The maximum absolute atomic E-state index is 12.1. The van der Waals surface area contributed by atoms with Crippen molar-refractivity contribution < 1.29 is 18.0 Å². The third-order valence-corrected chi connectivity index (χ3v) is 2.63. The third kappa shape index (κ3) is 2.47. The number of halogens is 4. The number of alkyl halides is 3. The van der Waals surface area contributed by atoms with Crippen LogP contribution in [0.3, 0.4) is 0 Å². The molecular formula is C10H7BrF3N3O. The Morgan fingerprint density at radius 3 is 2.72 bits per heavy atom. The summed E-state index contributed by atoms with van der Waals surface area (Å²) in [6.45, 7) is 1.77. The van der Waals surface area contributed by atoms with E-state index in [-0.39, 0.29) is 5.82 Å². The smallest absolute Gasteiger partial charge is 0.304 e. The van der Waals surface area contributed by atoms with Gasteiger partial charge in [-0.3, -0.25) is 4.79 Å². The predicted molar refractivity (Wildman–Crippen MR) is 62.3 cm³/mol. The van der Waals surface area contributed by atoms with Crippen LogP contribution in [0.4, 0.5) is 19.0 Å². The van der Waals surface area contributed by atoms with Crippen molar-refractivity contribution in [2.45, 2.75) is 13.1 Å². The fraction of sp³-hybridized carbons (Fsp3) is 0.200. The number of amides is 1. The normalized spacial score (nSPS) is 11.8. The van der Waals surface area contributed by atoms with Crippen LogP contribution in [0, 0.1) is 6.92 Å². The zero-order valence-corrected chi connectivity index (χ0v) is 10.6. The second-order valence-electron chi connectivity index (χ2n) is 3.65. The van der Waals surface area contributed by atoms with Crippen LogP contribution >= 0.6 is 15.9 Å². The Hall–Kier alpha value is -1.57. The number of hydrogen-bond donors (Lipinski definition) is 1. The number of pyridine rings is 1. The first-order chi connectivity index (χ1) is 8.27. The van der Waals surface area contributed by atoms with E-state index in [1.54, 1.807) is 24.5 Å². The molecule has 0 aliphatic carbocycles. The molecule has 0 saturated carbocycles. The fourth-order valence-electron chi connectivity index (χ4n) is 1.47. The highest BCUT2D eigenvalue weighted by Gasteiger charge is 2.39. The summed E-state index contributed by atoms with van der Waals surface area (Å²) < 4.78 is 38.5. The maximum atomic E-state index is 12.1. The van der Waals surface area contributed by atoms with Crippen LogP contribution in [-0.4, -0.2) is 21.5 Å². The van der Waals surface area contributed by atoms with Gasteiger partial charge in [0.05, 0.1) is 6.20 Å². The highest BCUT2D eigenvalue weighted by atomic mass is 79.9. The van der Waals surface area contributed by atoms with Crippen LogP contribution in [0.15, 0.2) is 22.9 Å². The summed E-state index contributed by atoms with van der Waals surface area (Å²) in [5, 5.41) is 1.71. The molecule has 1 N–H and O–H groups in total. The van der Waals surface area contributed by atoms with Crippen molar-refractivity contribution in [1.82, 2.24) is 9.38 Å². The van der Waals surface area contributed by atoms with Gasteiger partial charge >= 0.3 is 12.1 Å². The van der Waals surface area contributed by atoms with E-state index < -0.39 is 12.1 Å². The van der Waals surface area contributed by atoms with Crippen LogP contribution in [0.2, 0.25) is 0 Å². The Morgan fingerprint density at radius 1 is 1.44 bits per heavy atom. The molecule has 0 fully saturated rings. The Bertz CT molecular complexity index is 621. The zero-order valence-electron chi connectivity index (χ0n) is 9.05. The lowest BCUT2D eigenvalue weighted by Crippen LogP contribution is -2.30. The molecule has 0 atom stereocenters. The molecule has 4 nitrogen and oxygen atoms in total. The summed E-state index contributed by atoms with van der Waals surface area (Å²) in [6, 6.07) is 1.78. The molecule has 2 aromatic rings. The molecule has 8 heteroatoms. The van der Waals surface area contributed by atoms with Gasteiger partial charge in [0, 0.05) is 10.7 Å². The van der Waals surface area contributed by atoms with Gasteiger partial charge in [0.1, 0.15) is 5.65 Å². The van der Waals surface area contributed by atoms with Crippen molar-refractivity contribution in [3.05, 3.63) is 28.5 Å². The summed E-state index contributed by atoms with van der Waals surface area (Å²) in [6.07, 6.45) is -1.97. The Labute approximate surface area is 108 Å². The molecule has 0 aliphatic heterocycles. The van der Waals surface area contributed by atoms with Gasteiger partial charge in [-0.05, 0) is 34.5 Å². The third-order valence-electron chi connectivity index (χ3n) is 2.20. The number of nitrogens with zero attached hydrogens (tertiary/aromatic N) is 2. The van der Waals surface area contributed by atoms with Gasteiger partial charge in [-0.2, -0.15) is 13.2 Å². The lowest BCUT2D eigenvalue weighted by atomic mass is 10.3. The molecule has 0 bridgehead atoms. The maximum Gasteiger partial charge on any atom is 0.471 e. The minimum absolute atomic E-state index is 0.140. The van der Waals surface area contributed by atoms with Gasteiger partial charge in [-0.25, -0.2) is 4.98 Å². The van der Waals surface area contributed by atoms with E-state index in [1.165, 1.54) is 10.6 Å². The Kier molecular flexibility index (Phi) is 3.05. The zero-order chi connectivity index (χ0) is 13.5. The molecule has 2 aromatic heterocycles. The summed E-state index contributed by atoms with van der Waals surface area (Å²) in [4.78, 5) is 14.7. The second kappa shape index (κ2) is 4.27. The summed E-state index contributed by atoms with van der Waals surface area (Å²) in [5.41, 5.74) is 1.26. The van der Waals surface area contributed by atoms with E-state index >= 15 is 0 Å². The molecule has 0 unspecified atom stereocenters. The predicted octanol–water partition coefficient (Wildman–Crippen LogP) is 2.91. The van der Waals surface area contributed by atoms with E-state index in [0.29, 0.717) is 5.65 Å². The number of aryl methyl sites for hydroxylation is 1. The average Bonchev–Trinajstić information content (AvgIpc) is 2.58. The quantitative estimate of drug-likeness (QED) is 0.877. The van der Waals surface area contributed by atoms with Gasteiger partial charge in [0.15, 0.2) is 5.82 Å². The number of carbonyl (C=O) groups is 1. The number of anilines is 1. The first kappa shape index (κ1) is 12.9. The van der Waals surface area contributed by atoms with Crippen molar-refractivity contribution in [3.63, 3.8) is 0 Å². The Balaban J connectivity index is 2.37. The lowest BCUT2D eigenvalue weighted by molar-refractivity contribution is -0.167. The van der Waals surface area contributed by atoms with E-state index in [1.807, 2.05) is 0 Å². The number of hydrogen-bond acceptors (Lipinski definition) is 2. The lowest BCUT2D eigenvalue weighted by Gasteiger charge is -2.04. The number of nitrogens with one attached hydrogen (secondary N) is 1. The minimum atomic E-state index is -4.93. The van der Waals surface area contributed by atoms with Crippen molar-refractivity contribution in [3.8, 4) is 0 Å². The number of carbonyl (C=O) groups excluding carboxylic acids is 1. The number of imidazole rings is 1. The molecule has 0 aliphatic rings. The van der Waals surface area contributed by atoms with Crippen LogP contribution < -0.4 is 5.32 Å². The van der Waals surface area contributed by atoms with Gasteiger partial charge in [-0.15, -0.1) is 0 Å². The number of fused-ring (bicyclic) bond motifs is 1. The summed E-state index contributed by atoms with van der Waals surface area (Å²) in [7, 11) is 0. The Morgan fingerprint density at radius 2 is 2.11 bits per heavy atom. The molecule has 0 radical (unpaired) electrons. The SMILES string of the molecule is Cc1cc(Br)cn2cc(NC(=O)C(F)(F)F)nc12. The molecular weight excluding hydrogens is 315 g/mol. The molecule has 0 spiro atoms. The van der Waals surface area contributed by atoms with Gasteiger partial charge in [0.25, 0.3) is 0 Å². The van der Waals surface area contributed by atoms with Crippen molar-refractivity contribution in [1.29, 1.82) is 0 Å². The fourth-order valence-corrected chi connectivity index (χ4v) is 2.04. The molecule has 18 heavy (non-hydrogen) atoms. The molecule has 2 heterocycles. The average molecular weight is 322 g/mol. The molecule has 96 valence electrons. The minimum Gasteiger partial charge on any atom is -0.304 e. The van der Waals surface area contributed by atoms with Crippen LogP contribution in [-0.2, 0) is 4.79 Å². The first-order valence-corrected chi connectivity index (χ1v) is 5.59. The van der Waals surface area contributed by atoms with E-state index in [0.717, 1.165) is 10.0 Å². The van der Waals surface area contributed by atoms with Crippen molar-refractivity contribution >= 4 is 33.3 Å². The first-order valence-electron chi connectivity index (χ1n) is 4.80. The highest BCUT2D eigenvalue weighted by Crippen LogP contribution is 2.21. The van der Waals surface area contributed by atoms with E-state index in [9.17, 15) is 18.0 Å². The molecule has 2 rings (SSSR count). The second-order valence-corrected chi connectivity index (χ2v) is 4.57. The van der Waals surface area contributed by atoms with Gasteiger partial charge < -0.3 is 9.72 Å². The monoisotopic (exact) mass is 321 g/mol. The topological polar surface area (TPSA) is 46.4 Å². The van der Waals surface area contributed by atoms with Crippen LogP contribution in [0.5, 0.6) is 0 Å². The standard InChI is InChI=1S/C10H7BrF3N3O/c1-5-2-6(11)3-17-4-7(15-8(5)17)16-9(18)10(12,13)14/h2-4H,1H3,(H,16,18). The van der Waals surface area contributed by atoms with Crippen molar-refractivity contribution in [2.24, 2.45) is 0 Å². The molecule has 0 saturated heterocycles. The number of aromatic nitrogens is 2. The summed E-state index contributed by atoms with van der Waals surface area (Å²) >= 11 is 3.26. The van der Waals surface area contributed by atoms with E-state index in [2.05, 4.69) is 20.9 Å². The van der Waals surface area contributed by atoms with E-state index in [4.69, 9.17) is 0 Å². The van der Waals surface area contributed by atoms with Crippen LogP contribution in [0.1, 0.15) is 5.56 Å². The molecule has 1 amide bonds. The van der Waals surface area contributed by atoms with Crippen LogP contribution in [0.25, 0.3) is 5.65 Å². The van der Waals surface area contributed by atoms with Gasteiger partial charge in [-0.1, -0.05) is 0 Å².